The van der Waals surface area contributed by atoms with Gasteiger partial charge in [0, 0.05) is 18.2 Å². The lowest BCUT2D eigenvalue weighted by molar-refractivity contribution is -0.126. The van der Waals surface area contributed by atoms with E-state index in [1.54, 1.807) is 12.1 Å². The molecule has 1 aliphatic rings. The Bertz CT molecular complexity index is 506. The average molecular weight is 313 g/mol. The van der Waals surface area contributed by atoms with Crippen LogP contribution in [0.25, 0.3) is 0 Å². The van der Waals surface area contributed by atoms with E-state index in [4.69, 9.17) is 5.73 Å². The number of halogens is 1. The normalized spacial score (nSPS) is 15.3. The van der Waals surface area contributed by atoms with Gasteiger partial charge in [0.1, 0.15) is 0 Å². The number of hydrogen-bond acceptors (Lipinski definition) is 3. The minimum absolute atomic E-state index is 0. The van der Waals surface area contributed by atoms with Crippen LogP contribution in [0.5, 0.6) is 0 Å². The molecule has 0 aromatic heterocycles. The van der Waals surface area contributed by atoms with Gasteiger partial charge in [-0.1, -0.05) is 19.1 Å². The third-order valence-electron chi connectivity index (χ3n) is 3.59. The number of hydrogen-bond donors (Lipinski definition) is 4. The predicted octanol–water partition coefficient (Wildman–Crippen LogP) is 1.07. The number of benzene rings is 1. The van der Waals surface area contributed by atoms with Crippen molar-refractivity contribution in [2.45, 2.75) is 13.5 Å². The predicted molar refractivity (Wildman–Crippen MR) is 84.3 cm³/mol. The van der Waals surface area contributed by atoms with Crippen LogP contribution in [0.4, 0.5) is 10.5 Å². The molecule has 0 spiro atoms. The molecule has 1 aromatic rings. The minimum atomic E-state index is -0.600. The first-order chi connectivity index (χ1) is 9.56. The smallest absolute Gasteiger partial charge is 0.316 e. The van der Waals surface area contributed by atoms with E-state index < -0.39 is 6.03 Å². The van der Waals surface area contributed by atoms with Crippen molar-refractivity contribution in [3.8, 4) is 0 Å². The molecule has 1 atom stereocenters. The van der Waals surface area contributed by atoms with Gasteiger partial charge in [-0.25, -0.2) is 4.79 Å². The van der Waals surface area contributed by atoms with Crippen molar-refractivity contribution in [2.75, 3.05) is 18.4 Å². The maximum Gasteiger partial charge on any atom is 0.316 e. The number of carbonyl (C=O) groups excluding carboxylic acids is 2. The number of primary amides is 1. The van der Waals surface area contributed by atoms with Gasteiger partial charge in [0.25, 0.3) is 0 Å². The number of amides is 3. The molecule has 7 heteroatoms. The summed E-state index contributed by atoms with van der Waals surface area (Å²) in [6, 6.07) is 6.64. The number of rotatable bonds is 5. The molecule has 1 heterocycles. The molecule has 0 aliphatic carbocycles. The molecule has 116 valence electrons. The molecular formula is C14H21ClN4O2. The summed E-state index contributed by atoms with van der Waals surface area (Å²) < 4.78 is 0. The Morgan fingerprint density at radius 1 is 1.43 bits per heavy atom. The second kappa shape index (κ2) is 7.85. The molecule has 1 saturated heterocycles. The molecule has 5 N–H and O–H groups in total. The molecule has 21 heavy (non-hydrogen) atoms. The van der Waals surface area contributed by atoms with E-state index in [0.717, 1.165) is 18.7 Å². The quantitative estimate of drug-likeness (QED) is 0.655. The fourth-order valence-corrected chi connectivity index (χ4v) is 2.13. The maximum absolute atomic E-state index is 12.0. The summed E-state index contributed by atoms with van der Waals surface area (Å²) in [6.07, 6.45) is 0. The van der Waals surface area contributed by atoms with Gasteiger partial charge in [0.15, 0.2) is 0 Å². The lowest BCUT2D eigenvalue weighted by atomic mass is 9.88. The highest BCUT2D eigenvalue weighted by Gasteiger charge is 2.28. The van der Waals surface area contributed by atoms with E-state index in [-0.39, 0.29) is 24.2 Å². The van der Waals surface area contributed by atoms with Crippen LogP contribution in [-0.2, 0) is 11.3 Å². The van der Waals surface area contributed by atoms with Crippen LogP contribution in [0.2, 0.25) is 0 Å². The fourth-order valence-electron chi connectivity index (χ4n) is 2.13. The zero-order valence-corrected chi connectivity index (χ0v) is 12.7. The lowest BCUT2D eigenvalue weighted by Gasteiger charge is -2.31. The molecule has 1 unspecified atom stereocenters. The Kier molecular flexibility index (Phi) is 6.45. The summed E-state index contributed by atoms with van der Waals surface area (Å²) in [4.78, 5) is 22.8. The zero-order valence-electron chi connectivity index (χ0n) is 11.9. The molecular weight excluding hydrogens is 292 g/mol. The Morgan fingerprint density at radius 2 is 2.14 bits per heavy atom. The lowest BCUT2D eigenvalue weighted by Crippen LogP contribution is -2.49. The van der Waals surface area contributed by atoms with Gasteiger partial charge in [-0.2, -0.15) is 0 Å². The maximum atomic E-state index is 12.0. The van der Waals surface area contributed by atoms with E-state index in [1.165, 1.54) is 0 Å². The largest absolute Gasteiger partial charge is 0.352 e. The third kappa shape index (κ3) is 4.91. The molecule has 0 bridgehead atoms. The van der Waals surface area contributed by atoms with Crippen LogP contribution >= 0.6 is 12.4 Å². The van der Waals surface area contributed by atoms with E-state index in [2.05, 4.69) is 16.0 Å². The second-order valence-electron chi connectivity index (χ2n) is 5.11. The molecule has 0 radical (unpaired) electrons. The molecule has 3 amide bonds. The van der Waals surface area contributed by atoms with Crippen molar-refractivity contribution >= 4 is 30.0 Å². The standard InChI is InChI=1S/C14H20N4O2.ClH/c1-9(11-7-16-8-11)13(19)17-6-10-3-2-4-12(5-10)18-14(15)20;/h2-5,9,11,16H,6-8H2,1H3,(H,17,19)(H3,15,18,20);1H. The average Bonchev–Trinajstić information content (AvgIpc) is 2.33. The summed E-state index contributed by atoms with van der Waals surface area (Å²) >= 11 is 0. The first-order valence-corrected chi connectivity index (χ1v) is 6.70. The highest BCUT2D eigenvalue weighted by atomic mass is 35.5. The fraction of sp³-hybridized carbons (Fsp3) is 0.429. The highest BCUT2D eigenvalue weighted by Crippen LogP contribution is 2.16. The van der Waals surface area contributed by atoms with E-state index in [1.807, 2.05) is 19.1 Å². The summed E-state index contributed by atoms with van der Waals surface area (Å²) in [5.74, 6) is 0.505. The number of nitrogens with one attached hydrogen (secondary N) is 3. The monoisotopic (exact) mass is 312 g/mol. The van der Waals surface area contributed by atoms with Crippen molar-refractivity contribution in [3.63, 3.8) is 0 Å². The van der Waals surface area contributed by atoms with Gasteiger partial charge in [-0.05, 0) is 36.7 Å². The SMILES string of the molecule is CC(C(=O)NCc1cccc(NC(N)=O)c1)C1CNC1.Cl. The topological polar surface area (TPSA) is 96.2 Å². The Balaban J connectivity index is 0.00000220. The van der Waals surface area contributed by atoms with Crippen LogP contribution in [0.1, 0.15) is 12.5 Å². The van der Waals surface area contributed by atoms with Gasteiger partial charge in [0.05, 0.1) is 0 Å². The van der Waals surface area contributed by atoms with Crippen LogP contribution in [0, 0.1) is 11.8 Å². The Labute approximate surface area is 130 Å². The Hall–Kier alpha value is -1.79. The molecule has 1 aromatic carbocycles. The van der Waals surface area contributed by atoms with Gasteiger partial charge in [-0.15, -0.1) is 12.4 Å². The first kappa shape index (κ1) is 17.3. The van der Waals surface area contributed by atoms with E-state index in [0.29, 0.717) is 18.2 Å². The Morgan fingerprint density at radius 3 is 2.71 bits per heavy atom. The molecule has 1 aliphatic heterocycles. The third-order valence-corrected chi connectivity index (χ3v) is 3.59. The summed E-state index contributed by atoms with van der Waals surface area (Å²) in [5.41, 5.74) is 6.61. The van der Waals surface area contributed by atoms with E-state index >= 15 is 0 Å². The van der Waals surface area contributed by atoms with Crippen molar-refractivity contribution in [3.05, 3.63) is 29.8 Å². The summed E-state index contributed by atoms with van der Waals surface area (Å²) in [5, 5.41) is 8.59. The van der Waals surface area contributed by atoms with Crippen molar-refractivity contribution in [1.82, 2.24) is 10.6 Å². The number of nitrogens with two attached hydrogens (primary N) is 1. The van der Waals surface area contributed by atoms with Crippen LogP contribution in [-0.4, -0.2) is 25.0 Å². The highest BCUT2D eigenvalue weighted by molar-refractivity contribution is 5.87. The van der Waals surface area contributed by atoms with E-state index in [9.17, 15) is 9.59 Å². The zero-order chi connectivity index (χ0) is 14.5. The minimum Gasteiger partial charge on any atom is -0.352 e. The molecule has 2 rings (SSSR count). The van der Waals surface area contributed by atoms with Gasteiger partial charge >= 0.3 is 6.03 Å². The second-order valence-corrected chi connectivity index (χ2v) is 5.11. The van der Waals surface area contributed by atoms with Gasteiger partial charge < -0.3 is 21.7 Å². The van der Waals surface area contributed by atoms with Crippen LogP contribution < -0.4 is 21.7 Å². The number of carbonyl (C=O) groups is 2. The molecule has 0 saturated carbocycles. The first-order valence-electron chi connectivity index (χ1n) is 6.70. The summed E-state index contributed by atoms with van der Waals surface area (Å²) in [7, 11) is 0. The van der Waals surface area contributed by atoms with Gasteiger partial charge in [0.2, 0.25) is 5.91 Å². The number of urea groups is 1. The van der Waals surface area contributed by atoms with Crippen LogP contribution in [0.3, 0.4) is 0 Å². The van der Waals surface area contributed by atoms with Crippen molar-refractivity contribution < 1.29 is 9.59 Å². The van der Waals surface area contributed by atoms with Gasteiger partial charge in [-0.3, -0.25) is 4.79 Å². The van der Waals surface area contributed by atoms with Crippen molar-refractivity contribution in [2.24, 2.45) is 17.6 Å². The van der Waals surface area contributed by atoms with Crippen molar-refractivity contribution in [1.29, 1.82) is 0 Å². The number of anilines is 1. The molecule has 6 nitrogen and oxygen atoms in total. The van der Waals surface area contributed by atoms with Crippen LogP contribution in [0.15, 0.2) is 24.3 Å². The molecule has 1 fully saturated rings. The summed E-state index contributed by atoms with van der Waals surface area (Å²) in [6.45, 7) is 4.21.